The van der Waals surface area contributed by atoms with Gasteiger partial charge >= 0.3 is 0 Å². The molecule has 1 unspecified atom stereocenters. The number of hydrogen-bond acceptors (Lipinski definition) is 6. The lowest BCUT2D eigenvalue weighted by molar-refractivity contribution is -0.124. The average molecular weight is 489 g/mol. The normalized spacial score (nSPS) is 15.9. The lowest BCUT2D eigenvalue weighted by atomic mass is 9.96. The molecule has 1 fully saturated rings. The number of hydrogen-bond donors (Lipinski definition) is 0. The van der Waals surface area contributed by atoms with Gasteiger partial charge in [0.1, 0.15) is 6.61 Å². The first-order chi connectivity index (χ1) is 16.7. The summed E-state index contributed by atoms with van der Waals surface area (Å²) in [4.78, 5) is 16.9. The van der Waals surface area contributed by atoms with Crippen LogP contribution in [-0.4, -0.2) is 88.5 Å². The third-order valence-electron chi connectivity index (χ3n) is 6.06. The molecule has 0 amide bonds. The molecule has 0 N–H and O–H groups in total. The highest BCUT2D eigenvalue weighted by Gasteiger charge is 2.26. The number of halogens is 1. The quantitative estimate of drug-likeness (QED) is 0.352. The number of rotatable bonds is 15. The van der Waals surface area contributed by atoms with Crippen LogP contribution in [-0.2, 0) is 19.0 Å². The molecule has 2 aromatic rings. The maximum atomic E-state index is 12.0. The van der Waals surface area contributed by atoms with Gasteiger partial charge in [0, 0.05) is 57.9 Å². The zero-order valence-corrected chi connectivity index (χ0v) is 20.9. The predicted molar refractivity (Wildman–Crippen MR) is 136 cm³/mol. The van der Waals surface area contributed by atoms with Gasteiger partial charge in [-0.2, -0.15) is 0 Å². The first-order valence-corrected chi connectivity index (χ1v) is 12.5. The maximum absolute atomic E-state index is 12.0. The molecule has 34 heavy (non-hydrogen) atoms. The number of Topliss-reactive ketones (excluding diaryl/α,β-unsaturated/α-hetero) is 1. The summed E-state index contributed by atoms with van der Waals surface area (Å²) < 4.78 is 15.9. The molecule has 0 aliphatic carbocycles. The summed E-state index contributed by atoms with van der Waals surface area (Å²) in [6.07, 6.45) is 1.22. The Balaban J connectivity index is 1.37. The molecule has 1 saturated heterocycles. The smallest absolute Gasteiger partial charge is 0.158 e. The van der Waals surface area contributed by atoms with E-state index in [4.69, 9.17) is 25.8 Å². The van der Waals surface area contributed by atoms with Gasteiger partial charge in [-0.15, -0.1) is 0 Å². The summed E-state index contributed by atoms with van der Waals surface area (Å²) in [5.41, 5.74) is 2.55. The van der Waals surface area contributed by atoms with Crippen molar-refractivity contribution in [3.63, 3.8) is 0 Å². The van der Waals surface area contributed by atoms with Crippen molar-refractivity contribution in [2.24, 2.45) is 0 Å². The fraction of sp³-hybridized carbons (Fsp3) is 0.519. The van der Waals surface area contributed by atoms with Gasteiger partial charge < -0.3 is 14.2 Å². The minimum absolute atomic E-state index is 0.133. The molecule has 0 radical (unpaired) electrons. The molecule has 0 saturated carbocycles. The Morgan fingerprint density at radius 2 is 1.59 bits per heavy atom. The van der Waals surface area contributed by atoms with Crippen LogP contribution in [0.5, 0.6) is 0 Å². The van der Waals surface area contributed by atoms with Gasteiger partial charge in [0.25, 0.3) is 0 Å². The minimum atomic E-state index is 0.133. The van der Waals surface area contributed by atoms with Crippen molar-refractivity contribution >= 4 is 17.4 Å². The van der Waals surface area contributed by atoms with E-state index in [1.807, 2.05) is 12.1 Å². The Labute approximate surface area is 208 Å². The van der Waals surface area contributed by atoms with E-state index in [9.17, 15) is 4.79 Å². The van der Waals surface area contributed by atoms with Crippen LogP contribution in [0.15, 0.2) is 54.6 Å². The molecular weight excluding hydrogens is 452 g/mol. The van der Waals surface area contributed by atoms with Crippen molar-refractivity contribution in [2.45, 2.75) is 18.9 Å². The molecule has 1 atom stereocenters. The number of carbonyl (C=O) groups excluding carboxylic acids is 1. The minimum Gasteiger partial charge on any atom is -0.382 e. The molecule has 7 heteroatoms. The fourth-order valence-corrected chi connectivity index (χ4v) is 4.33. The Morgan fingerprint density at radius 3 is 2.29 bits per heavy atom. The Bertz CT molecular complexity index is 826. The van der Waals surface area contributed by atoms with Gasteiger partial charge in [-0.05, 0) is 29.7 Å². The van der Waals surface area contributed by atoms with Crippen LogP contribution in [0.2, 0.25) is 5.02 Å². The third kappa shape index (κ3) is 9.10. The summed E-state index contributed by atoms with van der Waals surface area (Å²) in [5.74, 6) is 0.133. The highest BCUT2D eigenvalue weighted by molar-refractivity contribution is 6.30. The van der Waals surface area contributed by atoms with Crippen LogP contribution in [0, 0.1) is 0 Å². The summed E-state index contributed by atoms with van der Waals surface area (Å²) >= 11 is 6.13. The van der Waals surface area contributed by atoms with Crippen LogP contribution in [0.4, 0.5) is 0 Å². The van der Waals surface area contributed by atoms with Crippen molar-refractivity contribution in [2.75, 3.05) is 72.9 Å². The zero-order chi connectivity index (χ0) is 24.0. The van der Waals surface area contributed by atoms with E-state index in [2.05, 4.69) is 52.3 Å². The second-order valence-corrected chi connectivity index (χ2v) is 8.98. The van der Waals surface area contributed by atoms with Crippen LogP contribution in [0.1, 0.15) is 30.0 Å². The molecule has 0 spiro atoms. The standard InChI is InChI=1S/C27H37ClN2O4/c1-32-20-21-33-18-5-8-26(31)22-34-19-17-29-13-15-30(16-14-29)27(23-6-3-2-4-7-23)24-9-11-25(28)12-10-24/h2-4,6-7,9-12,27H,5,8,13-22H2,1H3. The lowest BCUT2D eigenvalue weighted by Gasteiger charge is -2.39. The van der Waals surface area contributed by atoms with Gasteiger partial charge in [-0.1, -0.05) is 54.1 Å². The van der Waals surface area contributed by atoms with E-state index in [-0.39, 0.29) is 18.4 Å². The SMILES string of the molecule is COCCOCCCC(=O)COCCN1CCN(C(c2ccccc2)c2ccc(Cl)cc2)CC1. The highest BCUT2D eigenvalue weighted by Crippen LogP contribution is 2.30. The first-order valence-electron chi connectivity index (χ1n) is 12.1. The van der Waals surface area contributed by atoms with Crippen molar-refractivity contribution in [1.29, 1.82) is 0 Å². The van der Waals surface area contributed by atoms with Crippen LogP contribution in [0.3, 0.4) is 0 Å². The zero-order valence-electron chi connectivity index (χ0n) is 20.2. The molecule has 2 aromatic carbocycles. The first kappa shape index (κ1) is 26.8. The van der Waals surface area contributed by atoms with E-state index < -0.39 is 0 Å². The summed E-state index contributed by atoms with van der Waals surface area (Å²) in [5, 5.41) is 0.759. The largest absolute Gasteiger partial charge is 0.382 e. The van der Waals surface area contributed by atoms with E-state index in [1.54, 1.807) is 7.11 Å². The monoisotopic (exact) mass is 488 g/mol. The molecule has 6 nitrogen and oxygen atoms in total. The predicted octanol–water partition coefficient (Wildman–Crippen LogP) is 4.08. The molecule has 0 aromatic heterocycles. The van der Waals surface area contributed by atoms with Crippen molar-refractivity contribution in [3.8, 4) is 0 Å². The maximum Gasteiger partial charge on any atom is 0.158 e. The fourth-order valence-electron chi connectivity index (χ4n) is 4.21. The summed E-state index contributed by atoms with van der Waals surface area (Å²) in [6, 6.07) is 19.1. The van der Waals surface area contributed by atoms with Gasteiger partial charge in [0.05, 0.1) is 25.9 Å². The summed E-state index contributed by atoms with van der Waals surface area (Å²) in [7, 11) is 1.65. The second-order valence-electron chi connectivity index (χ2n) is 8.54. The van der Waals surface area contributed by atoms with Gasteiger partial charge in [0.2, 0.25) is 0 Å². The topological polar surface area (TPSA) is 51.2 Å². The Hall–Kier alpha value is -1.80. The van der Waals surface area contributed by atoms with Crippen LogP contribution in [0.25, 0.3) is 0 Å². The van der Waals surface area contributed by atoms with Gasteiger partial charge in [-0.25, -0.2) is 0 Å². The number of ether oxygens (including phenoxy) is 3. The average Bonchev–Trinajstić information content (AvgIpc) is 2.87. The molecule has 1 heterocycles. The highest BCUT2D eigenvalue weighted by atomic mass is 35.5. The van der Waals surface area contributed by atoms with E-state index >= 15 is 0 Å². The Morgan fingerprint density at radius 1 is 0.882 bits per heavy atom. The molecule has 3 rings (SSSR count). The summed E-state index contributed by atoms with van der Waals surface area (Å²) in [6.45, 7) is 7.26. The number of benzene rings is 2. The molecule has 186 valence electrons. The number of piperazine rings is 1. The molecular formula is C27H37ClN2O4. The molecule has 1 aliphatic rings. The third-order valence-corrected chi connectivity index (χ3v) is 6.32. The molecule has 0 bridgehead atoms. The second kappa shape index (κ2) is 15.2. The number of methoxy groups -OCH3 is 1. The Kier molecular flexibility index (Phi) is 12.0. The van der Waals surface area contributed by atoms with Gasteiger partial charge in [0.15, 0.2) is 5.78 Å². The van der Waals surface area contributed by atoms with Crippen molar-refractivity contribution < 1.29 is 19.0 Å². The van der Waals surface area contributed by atoms with Crippen molar-refractivity contribution in [3.05, 3.63) is 70.7 Å². The number of carbonyl (C=O) groups is 1. The van der Waals surface area contributed by atoms with Crippen LogP contribution >= 0.6 is 11.6 Å². The van der Waals surface area contributed by atoms with Crippen molar-refractivity contribution in [1.82, 2.24) is 9.80 Å². The van der Waals surface area contributed by atoms with Crippen LogP contribution < -0.4 is 0 Å². The lowest BCUT2D eigenvalue weighted by Crippen LogP contribution is -2.48. The van der Waals surface area contributed by atoms with E-state index in [0.29, 0.717) is 32.8 Å². The van der Waals surface area contributed by atoms with E-state index in [0.717, 1.165) is 44.2 Å². The molecule has 1 aliphatic heterocycles. The van der Waals surface area contributed by atoms with Gasteiger partial charge in [-0.3, -0.25) is 14.6 Å². The van der Waals surface area contributed by atoms with E-state index in [1.165, 1.54) is 11.1 Å². The number of nitrogens with zero attached hydrogens (tertiary/aromatic N) is 2. The number of ketones is 1.